The SMILES string of the molecule is CCS(=O)(=O)c1ccc(CC(=O)Cc2cc(Cl)c(C3(c4ncc(-c5ccc(F)cc5)o4)CC3)c(Cl)c2)cc1. The summed E-state index contributed by atoms with van der Waals surface area (Å²) in [4.78, 5) is 17.5. The van der Waals surface area contributed by atoms with Gasteiger partial charge >= 0.3 is 0 Å². The molecule has 1 saturated carbocycles. The summed E-state index contributed by atoms with van der Waals surface area (Å²) in [5, 5.41) is 0.877. The van der Waals surface area contributed by atoms with Crippen LogP contribution in [0.15, 0.2) is 76.2 Å². The van der Waals surface area contributed by atoms with E-state index in [1.807, 2.05) is 0 Å². The molecular formula is C29H24Cl2FNO4S. The van der Waals surface area contributed by atoms with Gasteiger partial charge in [0, 0.05) is 34.0 Å². The molecule has 0 aliphatic heterocycles. The Morgan fingerprint density at radius 3 is 2.16 bits per heavy atom. The van der Waals surface area contributed by atoms with E-state index in [0.717, 1.165) is 24.0 Å². The first kappa shape index (κ1) is 26.6. The molecule has 0 amide bonds. The third-order valence-corrected chi connectivity index (χ3v) is 9.19. The van der Waals surface area contributed by atoms with Crippen molar-refractivity contribution in [3.8, 4) is 11.3 Å². The van der Waals surface area contributed by atoms with Crippen LogP contribution in [0, 0.1) is 5.82 Å². The molecule has 38 heavy (non-hydrogen) atoms. The number of carbonyl (C=O) groups excluding carboxylic acids is 1. The number of Topliss-reactive ketones (excluding diaryl/α,β-unsaturated/α-hetero) is 1. The van der Waals surface area contributed by atoms with E-state index in [2.05, 4.69) is 4.98 Å². The summed E-state index contributed by atoms with van der Waals surface area (Å²) in [6.45, 7) is 1.59. The molecule has 0 radical (unpaired) electrons. The van der Waals surface area contributed by atoms with Crippen LogP contribution in [-0.2, 0) is 32.9 Å². The van der Waals surface area contributed by atoms with Crippen molar-refractivity contribution in [1.82, 2.24) is 4.98 Å². The average molecular weight is 572 g/mol. The molecule has 0 saturated heterocycles. The number of benzene rings is 3. The topological polar surface area (TPSA) is 77.2 Å². The zero-order valence-corrected chi connectivity index (χ0v) is 22.8. The molecule has 0 unspecified atom stereocenters. The minimum absolute atomic E-state index is 0.0233. The largest absolute Gasteiger partial charge is 0.440 e. The van der Waals surface area contributed by atoms with E-state index >= 15 is 0 Å². The monoisotopic (exact) mass is 571 g/mol. The van der Waals surface area contributed by atoms with Gasteiger partial charge in [0.2, 0.25) is 5.89 Å². The fraction of sp³-hybridized carbons (Fsp3) is 0.241. The van der Waals surface area contributed by atoms with Crippen LogP contribution in [0.4, 0.5) is 4.39 Å². The summed E-state index contributed by atoms with van der Waals surface area (Å²) >= 11 is 13.4. The summed E-state index contributed by atoms with van der Waals surface area (Å²) in [6.07, 6.45) is 3.43. The van der Waals surface area contributed by atoms with Crippen LogP contribution >= 0.6 is 23.2 Å². The van der Waals surface area contributed by atoms with Gasteiger partial charge < -0.3 is 4.42 Å². The summed E-state index contributed by atoms with van der Waals surface area (Å²) in [7, 11) is -3.29. The fourth-order valence-electron chi connectivity index (χ4n) is 4.62. The number of carbonyl (C=O) groups is 1. The highest BCUT2D eigenvalue weighted by Gasteiger charge is 2.52. The second kappa shape index (κ2) is 10.3. The molecule has 9 heteroatoms. The standard InChI is InChI=1S/C29H24Cl2FNO4S/c1-2-38(35,36)23-9-3-18(4-10-23)13-22(34)14-19-15-24(30)27(25(31)16-19)29(11-12-29)28-33-17-26(37-28)20-5-7-21(32)8-6-20/h3-10,15-17H,2,11-14H2,1H3. The molecule has 1 aliphatic rings. The van der Waals surface area contributed by atoms with Gasteiger partial charge in [0.05, 0.1) is 22.3 Å². The molecule has 0 atom stereocenters. The van der Waals surface area contributed by atoms with E-state index in [4.69, 9.17) is 27.6 Å². The average Bonchev–Trinajstić information content (AvgIpc) is 3.51. The number of oxazole rings is 1. The third-order valence-electron chi connectivity index (χ3n) is 6.84. The molecule has 1 fully saturated rings. The number of sulfone groups is 1. The van der Waals surface area contributed by atoms with Crippen LogP contribution in [-0.4, -0.2) is 24.9 Å². The van der Waals surface area contributed by atoms with Gasteiger partial charge in [-0.3, -0.25) is 4.79 Å². The van der Waals surface area contributed by atoms with E-state index in [-0.39, 0.29) is 35.1 Å². The molecule has 0 N–H and O–H groups in total. The molecule has 1 heterocycles. The Kier molecular flexibility index (Phi) is 7.20. The molecule has 5 rings (SSSR count). The van der Waals surface area contributed by atoms with Gasteiger partial charge in [-0.15, -0.1) is 0 Å². The van der Waals surface area contributed by atoms with Gasteiger partial charge in [0.15, 0.2) is 15.6 Å². The Balaban J connectivity index is 1.32. The summed E-state index contributed by atoms with van der Waals surface area (Å²) in [5.41, 5.74) is 2.31. The normalized spacial score (nSPS) is 14.4. The van der Waals surface area contributed by atoms with E-state index < -0.39 is 15.3 Å². The molecule has 5 nitrogen and oxygen atoms in total. The lowest BCUT2D eigenvalue weighted by Gasteiger charge is -2.17. The summed E-state index contributed by atoms with van der Waals surface area (Å²) in [5.74, 6) is 0.674. The third kappa shape index (κ3) is 5.28. The molecule has 3 aromatic carbocycles. The molecule has 196 valence electrons. The van der Waals surface area contributed by atoms with Crippen LogP contribution in [0.25, 0.3) is 11.3 Å². The second-order valence-electron chi connectivity index (χ2n) is 9.49. The van der Waals surface area contributed by atoms with Crippen LogP contribution < -0.4 is 0 Å². The molecule has 1 aliphatic carbocycles. The number of nitrogens with zero attached hydrogens (tertiary/aromatic N) is 1. The van der Waals surface area contributed by atoms with Gasteiger partial charge in [0.1, 0.15) is 11.6 Å². The van der Waals surface area contributed by atoms with Crippen molar-refractivity contribution in [3.63, 3.8) is 0 Å². The second-order valence-corrected chi connectivity index (χ2v) is 12.6. The maximum Gasteiger partial charge on any atom is 0.205 e. The highest BCUT2D eigenvalue weighted by atomic mass is 35.5. The lowest BCUT2D eigenvalue weighted by atomic mass is 9.93. The number of aromatic nitrogens is 1. The Bertz CT molecular complexity index is 1590. The van der Waals surface area contributed by atoms with Crippen molar-refractivity contribution in [2.75, 3.05) is 5.75 Å². The number of hydrogen-bond acceptors (Lipinski definition) is 5. The van der Waals surface area contributed by atoms with E-state index in [9.17, 15) is 17.6 Å². The molecular weight excluding hydrogens is 548 g/mol. The quantitative estimate of drug-likeness (QED) is 0.216. The van der Waals surface area contributed by atoms with Crippen molar-refractivity contribution in [2.45, 2.75) is 42.9 Å². The van der Waals surface area contributed by atoms with E-state index in [1.54, 1.807) is 49.5 Å². The van der Waals surface area contributed by atoms with Crippen LogP contribution in [0.2, 0.25) is 10.0 Å². The van der Waals surface area contributed by atoms with Gasteiger partial charge in [-0.05, 0) is 72.5 Å². The Hall–Kier alpha value is -3.00. The van der Waals surface area contributed by atoms with Gasteiger partial charge in [-0.1, -0.05) is 42.3 Å². The predicted octanol–water partition coefficient (Wildman–Crippen LogP) is 7.02. The van der Waals surface area contributed by atoms with Gasteiger partial charge in [-0.2, -0.15) is 0 Å². The minimum atomic E-state index is -3.29. The van der Waals surface area contributed by atoms with Crippen molar-refractivity contribution >= 4 is 38.8 Å². The zero-order chi connectivity index (χ0) is 27.1. The van der Waals surface area contributed by atoms with Gasteiger partial charge in [-0.25, -0.2) is 17.8 Å². The molecule has 0 spiro atoms. The number of ketones is 1. The highest BCUT2D eigenvalue weighted by Crippen LogP contribution is 2.57. The first-order valence-corrected chi connectivity index (χ1v) is 14.6. The summed E-state index contributed by atoms with van der Waals surface area (Å²) in [6, 6.07) is 15.9. The zero-order valence-electron chi connectivity index (χ0n) is 20.5. The van der Waals surface area contributed by atoms with Gasteiger partial charge in [0.25, 0.3) is 0 Å². The first-order valence-electron chi connectivity index (χ1n) is 12.2. The number of rotatable bonds is 9. The van der Waals surface area contributed by atoms with E-state index in [1.165, 1.54) is 24.3 Å². The van der Waals surface area contributed by atoms with Crippen LogP contribution in [0.5, 0.6) is 0 Å². The summed E-state index contributed by atoms with van der Waals surface area (Å²) < 4.78 is 43.3. The molecule has 4 aromatic rings. The van der Waals surface area contributed by atoms with Crippen molar-refractivity contribution in [3.05, 3.63) is 105 Å². The van der Waals surface area contributed by atoms with Crippen LogP contribution in [0.3, 0.4) is 0 Å². The fourth-order valence-corrected chi connectivity index (χ4v) is 6.40. The number of hydrogen-bond donors (Lipinski definition) is 0. The van der Waals surface area contributed by atoms with Crippen molar-refractivity contribution < 1.29 is 22.0 Å². The Morgan fingerprint density at radius 2 is 1.58 bits per heavy atom. The Morgan fingerprint density at radius 1 is 0.974 bits per heavy atom. The Labute approximate surface area is 230 Å². The molecule has 1 aromatic heterocycles. The predicted molar refractivity (Wildman–Crippen MR) is 145 cm³/mol. The lowest BCUT2D eigenvalue weighted by Crippen LogP contribution is -2.12. The lowest BCUT2D eigenvalue weighted by molar-refractivity contribution is -0.117. The molecule has 0 bridgehead atoms. The van der Waals surface area contributed by atoms with Crippen LogP contribution in [0.1, 0.15) is 42.3 Å². The van der Waals surface area contributed by atoms with E-state index in [0.29, 0.717) is 32.8 Å². The maximum absolute atomic E-state index is 13.3. The minimum Gasteiger partial charge on any atom is -0.440 e. The smallest absolute Gasteiger partial charge is 0.205 e. The maximum atomic E-state index is 13.3. The van der Waals surface area contributed by atoms with Crippen molar-refractivity contribution in [2.24, 2.45) is 0 Å². The number of halogens is 3. The highest BCUT2D eigenvalue weighted by molar-refractivity contribution is 7.91. The first-order chi connectivity index (χ1) is 18.1. The van der Waals surface area contributed by atoms with Crippen molar-refractivity contribution in [1.29, 1.82) is 0 Å².